The second-order valence-electron chi connectivity index (χ2n) is 4.82. The first-order chi connectivity index (χ1) is 8.23. The molecular weight excluding hydrogens is 252 g/mol. The molecule has 6 heteroatoms. The van der Waals surface area contributed by atoms with E-state index in [2.05, 4.69) is 0 Å². The number of nitrogens with zero attached hydrogens (tertiary/aromatic N) is 1. The summed E-state index contributed by atoms with van der Waals surface area (Å²) in [6.45, 7) is 4.77. The Kier molecular flexibility index (Phi) is 2.66. The number of aryl methyl sites for hydroxylation is 1. The maximum atomic E-state index is 12.0. The van der Waals surface area contributed by atoms with E-state index in [0.717, 1.165) is 16.3 Å². The fourth-order valence-electron chi connectivity index (χ4n) is 1.94. The van der Waals surface area contributed by atoms with Gasteiger partial charge in [0.15, 0.2) is 4.75 Å². The minimum atomic E-state index is -3.61. The van der Waals surface area contributed by atoms with Gasteiger partial charge in [0.25, 0.3) is 15.9 Å². The molecule has 1 aliphatic heterocycles. The zero-order chi connectivity index (χ0) is 13.7. The number of sulfonamides is 1. The standard InChI is InChI=1S/C12H16N2O3S/c1-4-8-5-6-9(7-10(8)13)14-11(15)12(2,3)18(14,16)17/h5-7H,4,13H2,1-3H3. The van der Waals surface area contributed by atoms with E-state index in [4.69, 9.17) is 5.73 Å². The molecule has 1 aromatic rings. The van der Waals surface area contributed by atoms with Crippen molar-refractivity contribution in [1.82, 2.24) is 0 Å². The van der Waals surface area contributed by atoms with Crippen molar-refractivity contribution in [2.24, 2.45) is 0 Å². The first-order valence-electron chi connectivity index (χ1n) is 5.71. The molecule has 0 radical (unpaired) electrons. The number of anilines is 2. The van der Waals surface area contributed by atoms with Crippen LogP contribution in [0, 0.1) is 0 Å². The number of rotatable bonds is 2. The molecular formula is C12H16N2O3S. The Hall–Kier alpha value is -1.56. The van der Waals surface area contributed by atoms with E-state index in [1.54, 1.807) is 12.1 Å². The predicted molar refractivity (Wildman–Crippen MR) is 70.7 cm³/mol. The van der Waals surface area contributed by atoms with Crippen molar-refractivity contribution in [1.29, 1.82) is 0 Å². The van der Waals surface area contributed by atoms with Gasteiger partial charge in [-0.1, -0.05) is 13.0 Å². The summed E-state index contributed by atoms with van der Waals surface area (Å²) in [4.78, 5) is 11.9. The molecule has 1 aliphatic rings. The van der Waals surface area contributed by atoms with Gasteiger partial charge in [0.2, 0.25) is 0 Å². The van der Waals surface area contributed by atoms with Gasteiger partial charge in [0.05, 0.1) is 5.69 Å². The van der Waals surface area contributed by atoms with Crippen LogP contribution in [0.1, 0.15) is 26.3 Å². The lowest BCUT2D eigenvalue weighted by molar-refractivity contribution is -0.120. The SMILES string of the molecule is CCc1ccc(N2C(=O)C(C)(C)S2(=O)=O)cc1N. The molecule has 2 N–H and O–H groups in total. The maximum Gasteiger partial charge on any atom is 0.263 e. The molecule has 0 unspecified atom stereocenters. The molecule has 0 saturated carbocycles. The van der Waals surface area contributed by atoms with E-state index >= 15 is 0 Å². The van der Waals surface area contributed by atoms with Gasteiger partial charge in [0.1, 0.15) is 0 Å². The molecule has 2 rings (SSSR count). The average molecular weight is 268 g/mol. The van der Waals surface area contributed by atoms with Crippen molar-refractivity contribution in [3.63, 3.8) is 0 Å². The third-order valence-corrected chi connectivity index (χ3v) is 5.65. The largest absolute Gasteiger partial charge is 0.398 e. The molecule has 1 heterocycles. The van der Waals surface area contributed by atoms with Crippen molar-refractivity contribution >= 4 is 27.3 Å². The highest BCUT2D eigenvalue weighted by molar-refractivity contribution is 7.98. The summed E-state index contributed by atoms with van der Waals surface area (Å²) in [5.74, 6) is -0.425. The van der Waals surface area contributed by atoms with Crippen molar-refractivity contribution in [2.45, 2.75) is 31.9 Å². The summed E-state index contributed by atoms with van der Waals surface area (Å²) in [5, 5.41) is 0. The molecule has 98 valence electrons. The van der Waals surface area contributed by atoms with Gasteiger partial charge in [-0.3, -0.25) is 4.79 Å². The highest BCUT2D eigenvalue weighted by Crippen LogP contribution is 2.39. The summed E-state index contributed by atoms with van der Waals surface area (Å²) >= 11 is 0. The molecule has 0 aliphatic carbocycles. The smallest absolute Gasteiger partial charge is 0.263 e. The molecule has 1 saturated heterocycles. The van der Waals surface area contributed by atoms with Crippen LogP contribution in [0.2, 0.25) is 0 Å². The van der Waals surface area contributed by atoms with Crippen molar-refractivity contribution in [2.75, 3.05) is 10.0 Å². The van der Waals surface area contributed by atoms with Crippen LogP contribution in [-0.4, -0.2) is 19.1 Å². The molecule has 0 atom stereocenters. The van der Waals surface area contributed by atoms with Crippen LogP contribution in [0.4, 0.5) is 11.4 Å². The van der Waals surface area contributed by atoms with Gasteiger partial charge in [-0.05, 0) is 38.0 Å². The van der Waals surface area contributed by atoms with Gasteiger partial charge in [-0.15, -0.1) is 0 Å². The number of benzene rings is 1. The Morgan fingerprint density at radius 2 is 1.94 bits per heavy atom. The van der Waals surface area contributed by atoms with E-state index in [1.165, 1.54) is 19.9 Å². The Morgan fingerprint density at radius 3 is 2.39 bits per heavy atom. The van der Waals surface area contributed by atoms with Crippen LogP contribution >= 0.6 is 0 Å². The minimum Gasteiger partial charge on any atom is -0.398 e. The van der Waals surface area contributed by atoms with E-state index in [-0.39, 0.29) is 0 Å². The van der Waals surface area contributed by atoms with Crippen LogP contribution in [0.15, 0.2) is 18.2 Å². The monoisotopic (exact) mass is 268 g/mol. The Morgan fingerprint density at radius 1 is 1.33 bits per heavy atom. The second-order valence-corrected chi connectivity index (χ2v) is 7.16. The highest BCUT2D eigenvalue weighted by atomic mass is 32.2. The van der Waals surface area contributed by atoms with Crippen molar-refractivity contribution < 1.29 is 13.2 Å². The van der Waals surface area contributed by atoms with Crippen molar-refractivity contribution in [3.8, 4) is 0 Å². The number of hydrogen-bond acceptors (Lipinski definition) is 4. The fraction of sp³-hybridized carbons (Fsp3) is 0.417. The first kappa shape index (κ1) is 12.9. The molecule has 5 nitrogen and oxygen atoms in total. The summed E-state index contributed by atoms with van der Waals surface area (Å²) in [6.07, 6.45) is 0.762. The lowest BCUT2D eigenvalue weighted by atomic mass is 10.1. The van der Waals surface area contributed by atoms with Crippen LogP contribution in [0.25, 0.3) is 0 Å². The zero-order valence-corrected chi connectivity index (χ0v) is 11.4. The van der Waals surface area contributed by atoms with E-state index in [0.29, 0.717) is 11.4 Å². The lowest BCUT2D eigenvalue weighted by Gasteiger charge is -2.42. The number of nitrogen functional groups attached to an aromatic ring is 1. The van der Waals surface area contributed by atoms with Crippen molar-refractivity contribution in [3.05, 3.63) is 23.8 Å². The molecule has 18 heavy (non-hydrogen) atoms. The summed E-state index contributed by atoms with van der Waals surface area (Å²) < 4.78 is 23.5. The number of nitrogens with two attached hydrogens (primary N) is 1. The number of carbonyl (C=O) groups is 1. The minimum absolute atomic E-state index is 0.314. The zero-order valence-electron chi connectivity index (χ0n) is 10.6. The Bertz CT molecular complexity index is 620. The molecule has 0 spiro atoms. The predicted octanol–water partition coefficient (Wildman–Crippen LogP) is 1.29. The average Bonchev–Trinajstić information content (AvgIpc) is 2.28. The quantitative estimate of drug-likeness (QED) is 0.819. The number of amides is 1. The van der Waals surface area contributed by atoms with E-state index < -0.39 is 20.7 Å². The first-order valence-corrected chi connectivity index (χ1v) is 7.15. The van der Waals surface area contributed by atoms with Gasteiger partial charge in [0, 0.05) is 5.69 Å². The normalized spacial score (nSPS) is 20.6. The van der Waals surface area contributed by atoms with E-state index in [9.17, 15) is 13.2 Å². The van der Waals surface area contributed by atoms with Crippen LogP contribution in [0.3, 0.4) is 0 Å². The summed E-state index contributed by atoms with van der Waals surface area (Å²) in [7, 11) is -3.61. The molecule has 0 bridgehead atoms. The van der Waals surface area contributed by atoms with Gasteiger partial charge in [-0.2, -0.15) is 0 Å². The topological polar surface area (TPSA) is 80.5 Å². The van der Waals surface area contributed by atoms with Crippen LogP contribution < -0.4 is 10.0 Å². The van der Waals surface area contributed by atoms with Gasteiger partial charge in [-0.25, -0.2) is 12.7 Å². The Labute approximate surface area is 107 Å². The third kappa shape index (κ3) is 1.45. The second kappa shape index (κ2) is 3.71. The molecule has 1 amide bonds. The Balaban J connectivity index is 2.47. The number of hydrogen-bond donors (Lipinski definition) is 1. The third-order valence-electron chi connectivity index (χ3n) is 3.33. The van der Waals surface area contributed by atoms with Gasteiger partial charge >= 0.3 is 0 Å². The lowest BCUT2D eigenvalue weighted by Crippen LogP contribution is -2.67. The summed E-state index contributed by atoms with van der Waals surface area (Å²) in [6, 6.07) is 4.89. The molecule has 1 aromatic carbocycles. The van der Waals surface area contributed by atoms with Crippen LogP contribution in [0.5, 0.6) is 0 Å². The maximum absolute atomic E-state index is 12.0. The molecule has 0 aromatic heterocycles. The fourth-order valence-corrected chi connectivity index (χ4v) is 3.41. The summed E-state index contributed by atoms with van der Waals surface area (Å²) in [5.41, 5.74) is 7.57. The highest BCUT2D eigenvalue weighted by Gasteiger charge is 2.60. The number of carbonyl (C=O) groups excluding carboxylic acids is 1. The molecule has 1 fully saturated rings. The van der Waals surface area contributed by atoms with Gasteiger partial charge < -0.3 is 5.73 Å². The van der Waals surface area contributed by atoms with Crippen LogP contribution in [-0.2, 0) is 21.2 Å². The van der Waals surface area contributed by atoms with E-state index in [1.807, 2.05) is 6.92 Å².